The van der Waals surface area contributed by atoms with Crippen LogP contribution < -0.4 is 15.6 Å². The van der Waals surface area contributed by atoms with Crippen molar-refractivity contribution in [1.29, 1.82) is 0 Å². The Morgan fingerprint density at radius 3 is 2.38 bits per heavy atom. The largest absolute Gasteiger partial charge is 0.310 e. The van der Waals surface area contributed by atoms with Crippen LogP contribution in [0.5, 0.6) is 0 Å². The SMILES string of the molecule is CCN(CC)CCCS(=O)(=O)NC(CCc1ccccc1)[C@]1(Cc2ccc(Br)cc2)N=CNN1. The Balaban J connectivity index is 1.79. The van der Waals surface area contributed by atoms with Gasteiger partial charge in [-0.15, -0.1) is 0 Å². The highest BCUT2D eigenvalue weighted by Gasteiger charge is 2.42. The zero-order chi connectivity index (χ0) is 24.4. The van der Waals surface area contributed by atoms with Gasteiger partial charge in [0.05, 0.1) is 18.1 Å². The van der Waals surface area contributed by atoms with E-state index in [1.807, 2.05) is 42.5 Å². The molecule has 0 spiro atoms. The van der Waals surface area contributed by atoms with Gasteiger partial charge < -0.3 is 10.3 Å². The molecule has 0 fully saturated rings. The molecule has 9 heteroatoms. The molecule has 3 N–H and O–H groups in total. The summed E-state index contributed by atoms with van der Waals surface area (Å²) in [5, 5.41) is 0. The first-order valence-corrected chi connectivity index (χ1v) is 14.4. The van der Waals surface area contributed by atoms with Crippen molar-refractivity contribution < 1.29 is 8.42 Å². The van der Waals surface area contributed by atoms with Gasteiger partial charge in [0.25, 0.3) is 0 Å². The van der Waals surface area contributed by atoms with E-state index < -0.39 is 21.7 Å². The van der Waals surface area contributed by atoms with Crippen LogP contribution in [0.2, 0.25) is 0 Å². The van der Waals surface area contributed by atoms with Crippen molar-refractivity contribution in [2.75, 3.05) is 25.4 Å². The Kier molecular flexibility index (Phi) is 10.1. The molecule has 1 aliphatic heterocycles. The zero-order valence-corrected chi connectivity index (χ0v) is 22.4. The van der Waals surface area contributed by atoms with Crippen molar-refractivity contribution in [3.05, 3.63) is 70.2 Å². The van der Waals surface area contributed by atoms with Gasteiger partial charge in [0.15, 0.2) is 0 Å². The average Bonchev–Trinajstić information content (AvgIpc) is 3.31. The summed E-state index contributed by atoms with van der Waals surface area (Å²) in [5.74, 6) is 0.0941. The van der Waals surface area contributed by atoms with Crippen LogP contribution in [0.3, 0.4) is 0 Å². The summed E-state index contributed by atoms with van der Waals surface area (Å²) < 4.78 is 30.4. The maximum atomic E-state index is 13.2. The lowest BCUT2D eigenvalue weighted by atomic mass is 9.90. The zero-order valence-electron chi connectivity index (χ0n) is 20.0. The van der Waals surface area contributed by atoms with Gasteiger partial charge >= 0.3 is 0 Å². The van der Waals surface area contributed by atoms with Gasteiger partial charge in [-0.05, 0) is 62.2 Å². The normalized spacial score (nSPS) is 18.8. The van der Waals surface area contributed by atoms with E-state index in [4.69, 9.17) is 4.99 Å². The molecule has 186 valence electrons. The van der Waals surface area contributed by atoms with Crippen molar-refractivity contribution in [2.24, 2.45) is 4.99 Å². The van der Waals surface area contributed by atoms with E-state index >= 15 is 0 Å². The Morgan fingerprint density at radius 2 is 1.76 bits per heavy atom. The number of nitrogens with zero attached hydrogens (tertiary/aromatic N) is 2. The summed E-state index contributed by atoms with van der Waals surface area (Å²) in [6, 6.07) is 17.8. The molecule has 0 saturated heterocycles. The van der Waals surface area contributed by atoms with Crippen molar-refractivity contribution in [2.45, 2.75) is 51.2 Å². The molecule has 0 bridgehead atoms. The van der Waals surface area contributed by atoms with Gasteiger partial charge in [0.2, 0.25) is 10.0 Å². The average molecular weight is 551 g/mol. The fourth-order valence-corrected chi connectivity index (χ4v) is 5.92. The minimum absolute atomic E-state index is 0.0941. The fraction of sp³-hybridized carbons (Fsp3) is 0.480. The summed E-state index contributed by atoms with van der Waals surface area (Å²) in [6.45, 7) is 6.80. The fourth-order valence-electron chi connectivity index (χ4n) is 4.29. The van der Waals surface area contributed by atoms with Crippen LogP contribution >= 0.6 is 15.9 Å². The van der Waals surface area contributed by atoms with E-state index in [-0.39, 0.29) is 5.75 Å². The number of halogens is 1. The third kappa shape index (κ3) is 7.88. The van der Waals surface area contributed by atoms with Crippen LogP contribution in [-0.4, -0.2) is 56.7 Å². The number of hydrogen-bond donors (Lipinski definition) is 3. The van der Waals surface area contributed by atoms with Crippen LogP contribution in [0, 0.1) is 0 Å². The second-order valence-electron chi connectivity index (χ2n) is 8.65. The van der Waals surface area contributed by atoms with Crippen molar-refractivity contribution in [3.63, 3.8) is 0 Å². The van der Waals surface area contributed by atoms with Crippen molar-refractivity contribution in [1.82, 2.24) is 20.5 Å². The first-order chi connectivity index (χ1) is 16.4. The molecule has 2 aromatic rings. The molecule has 1 aliphatic rings. The molecule has 7 nitrogen and oxygen atoms in total. The van der Waals surface area contributed by atoms with Gasteiger partial charge in [-0.2, -0.15) is 0 Å². The summed E-state index contributed by atoms with van der Waals surface area (Å²) in [6.07, 6.45) is 4.11. The molecule has 1 heterocycles. The smallest absolute Gasteiger partial charge is 0.212 e. The van der Waals surface area contributed by atoms with Crippen molar-refractivity contribution >= 4 is 32.3 Å². The second-order valence-corrected chi connectivity index (χ2v) is 11.4. The molecule has 2 aromatic carbocycles. The van der Waals surface area contributed by atoms with Gasteiger partial charge in [-0.1, -0.05) is 72.2 Å². The number of hydrazine groups is 1. The number of sulfonamides is 1. The number of aliphatic imine (C=N–C) groups is 1. The van der Waals surface area contributed by atoms with Gasteiger partial charge in [0.1, 0.15) is 5.66 Å². The predicted molar refractivity (Wildman–Crippen MR) is 143 cm³/mol. The lowest BCUT2D eigenvalue weighted by molar-refractivity contribution is 0.256. The second kappa shape index (κ2) is 12.8. The van der Waals surface area contributed by atoms with E-state index in [1.165, 1.54) is 5.56 Å². The number of hydrogen-bond acceptors (Lipinski definition) is 6. The van der Waals surface area contributed by atoms with Crippen LogP contribution in [0.25, 0.3) is 0 Å². The van der Waals surface area contributed by atoms with E-state index in [0.717, 1.165) is 36.1 Å². The molecule has 0 amide bonds. The predicted octanol–water partition coefficient (Wildman–Crippen LogP) is 3.48. The summed E-state index contributed by atoms with van der Waals surface area (Å²) >= 11 is 3.48. The third-order valence-electron chi connectivity index (χ3n) is 6.28. The summed E-state index contributed by atoms with van der Waals surface area (Å²) in [4.78, 5) is 6.96. The lowest BCUT2D eigenvalue weighted by Crippen LogP contribution is -2.61. The number of aryl methyl sites for hydroxylation is 1. The maximum absolute atomic E-state index is 13.2. The Morgan fingerprint density at radius 1 is 1.06 bits per heavy atom. The minimum atomic E-state index is -3.50. The Hall–Kier alpha value is -1.78. The molecule has 0 aromatic heterocycles. The van der Waals surface area contributed by atoms with Crippen LogP contribution in [0.15, 0.2) is 64.1 Å². The number of rotatable bonds is 14. The molecule has 0 saturated carbocycles. The maximum Gasteiger partial charge on any atom is 0.212 e. The highest BCUT2D eigenvalue weighted by molar-refractivity contribution is 9.10. The highest BCUT2D eigenvalue weighted by atomic mass is 79.9. The minimum Gasteiger partial charge on any atom is -0.310 e. The van der Waals surface area contributed by atoms with E-state index in [0.29, 0.717) is 19.3 Å². The van der Waals surface area contributed by atoms with Crippen LogP contribution in [0.1, 0.15) is 37.8 Å². The van der Waals surface area contributed by atoms with Gasteiger partial charge in [-0.3, -0.25) is 0 Å². The quantitative estimate of drug-likeness (QED) is 0.336. The summed E-state index contributed by atoms with van der Waals surface area (Å²) in [7, 11) is -3.50. The van der Waals surface area contributed by atoms with Gasteiger partial charge in [-0.25, -0.2) is 23.6 Å². The van der Waals surface area contributed by atoms with Crippen molar-refractivity contribution in [3.8, 4) is 0 Å². The molecule has 0 radical (unpaired) electrons. The van der Waals surface area contributed by atoms with E-state index in [9.17, 15) is 8.42 Å². The molecule has 0 aliphatic carbocycles. The molecule has 3 rings (SSSR count). The molecule has 1 unspecified atom stereocenters. The Bertz CT molecular complexity index is 1010. The van der Waals surface area contributed by atoms with Crippen LogP contribution in [0.4, 0.5) is 0 Å². The molecule has 2 atom stereocenters. The molecule has 34 heavy (non-hydrogen) atoms. The topological polar surface area (TPSA) is 85.8 Å². The molecular weight excluding hydrogens is 514 g/mol. The van der Waals surface area contributed by atoms with Crippen LogP contribution in [-0.2, 0) is 22.9 Å². The molecular formula is C25H36BrN5O2S. The first kappa shape index (κ1) is 26.8. The van der Waals surface area contributed by atoms with E-state index in [2.05, 4.69) is 62.4 Å². The standard InChI is InChI=1S/C25H36BrN5O2S/c1-3-31(4-2)17-8-18-34(32,33)29-24(16-13-21-9-6-5-7-10-21)25(27-20-28-30-25)19-22-11-14-23(26)15-12-22/h5-7,9-12,14-15,20,24,29-30H,3-4,8,13,16-19H2,1-2H3,(H,27,28)/t24?,25-/m1/s1. The first-order valence-electron chi connectivity index (χ1n) is 11.9. The van der Waals surface area contributed by atoms with E-state index in [1.54, 1.807) is 6.34 Å². The Labute approximate surface area is 212 Å². The third-order valence-corrected chi connectivity index (χ3v) is 8.28. The summed E-state index contributed by atoms with van der Waals surface area (Å²) in [5.41, 5.74) is 7.67. The monoisotopic (exact) mass is 549 g/mol. The number of benzene rings is 2. The highest BCUT2D eigenvalue weighted by Crippen LogP contribution is 2.26. The number of nitrogens with one attached hydrogen (secondary N) is 3. The van der Waals surface area contributed by atoms with Gasteiger partial charge in [0, 0.05) is 10.9 Å². The lowest BCUT2D eigenvalue weighted by Gasteiger charge is -2.35.